The minimum Gasteiger partial charge on any atom is -0.469 e. The first-order valence-corrected chi connectivity index (χ1v) is 16.7. The highest BCUT2D eigenvalue weighted by Gasteiger charge is 2.53. The Kier molecular flexibility index (Phi) is 11.5. The molecule has 0 aromatic carbocycles. The van der Waals surface area contributed by atoms with Crippen LogP contribution in [-0.4, -0.2) is 47.8 Å². The van der Waals surface area contributed by atoms with Crippen LogP contribution in [0.25, 0.3) is 0 Å². The van der Waals surface area contributed by atoms with Gasteiger partial charge in [0.2, 0.25) is 0 Å². The number of carbonyl (C=O) groups excluding carboxylic acids is 2. The molecule has 40 heavy (non-hydrogen) atoms. The highest BCUT2D eigenvalue weighted by molar-refractivity contribution is 8.33. The van der Waals surface area contributed by atoms with Crippen LogP contribution in [0.5, 0.6) is 0 Å². The summed E-state index contributed by atoms with van der Waals surface area (Å²) in [6.07, 6.45) is 0.765. The molecule has 0 radical (unpaired) electrons. The number of nitrogens with one attached hydrogen (secondary N) is 2. The molecule has 12 heteroatoms. The second kappa shape index (κ2) is 13.0. The zero-order chi connectivity index (χ0) is 30.8. The van der Waals surface area contributed by atoms with Gasteiger partial charge in [-0.25, -0.2) is 0 Å². The fourth-order valence-electron chi connectivity index (χ4n) is 4.68. The predicted octanol–water partition coefficient (Wildman–Crippen LogP) is 6.02. The van der Waals surface area contributed by atoms with Crippen molar-refractivity contribution in [2.24, 2.45) is 22.3 Å². The lowest BCUT2D eigenvalue weighted by Gasteiger charge is -2.48. The molecule has 2 rings (SSSR count). The highest BCUT2D eigenvalue weighted by atomic mass is 32.2. The van der Waals surface area contributed by atoms with Gasteiger partial charge >= 0.3 is 11.9 Å². The molecule has 8 nitrogen and oxygen atoms in total. The number of nitrogens with two attached hydrogens (primary N) is 2. The first-order valence-electron chi connectivity index (χ1n) is 13.2. The molecule has 2 heterocycles. The summed E-state index contributed by atoms with van der Waals surface area (Å²) in [6, 6.07) is 0. The molecule has 0 fully saturated rings. The Bertz CT molecular complexity index is 1050. The van der Waals surface area contributed by atoms with Gasteiger partial charge in [0, 0.05) is 27.1 Å². The van der Waals surface area contributed by atoms with Crippen molar-refractivity contribution in [3.8, 4) is 0 Å². The standard InChI is InChI=1S/C28H48N4O4S4/c1-23(2,29)16-28(10,22(34)36-14-18-15-39-20(40-18)19-37-12-13-38-19)26(7,8)32-31-24(3,4)17-27(9,21(33)35-11)25(5,6)30/h12-13,15,31-32H,14,16-17,29-30H2,1-11H3. The van der Waals surface area contributed by atoms with E-state index in [1.54, 1.807) is 47.0 Å². The monoisotopic (exact) mass is 632 g/mol. The maximum atomic E-state index is 13.8. The zero-order valence-electron chi connectivity index (χ0n) is 25.8. The summed E-state index contributed by atoms with van der Waals surface area (Å²) in [5, 5.41) is 6.20. The number of hydrazine groups is 1. The third kappa shape index (κ3) is 8.72. The molecular weight excluding hydrogens is 585 g/mol. The lowest BCUT2D eigenvalue weighted by molar-refractivity contribution is -0.161. The molecule has 2 aliphatic rings. The van der Waals surface area contributed by atoms with Crippen molar-refractivity contribution in [2.45, 2.75) is 104 Å². The summed E-state index contributed by atoms with van der Waals surface area (Å²) in [7, 11) is 1.38. The Morgan fingerprint density at radius 3 is 1.88 bits per heavy atom. The van der Waals surface area contributed by atoms with Crippen LogP contribution >= 0.6 is 47.0 Å². The Balaban J connectivity index is 2.18. The average molecular weight is 633 g/mol. The topological polar surface area (TPSA) is 129 Å². The van der Waals surface area contributed by atoms with E-state index in [-0.39, 0.29) is 18.5 Å². The van der Waals surface area contributed by atoms with Crippen molar-refractivity contribution >= 4 is 59.0 Å². The predicted molar refractivity (Wildman–Crippen MR) is 174 cm³/mol. The summed E-state index contributed by atoms with van der Waals surface area (Å²) in [4.78, 5) is 27.6. The summed E-state index contributed by atoms with van der Waals surface area (Å²) in [5.41, 5.74) is 14.9. The first kappa shape index (κ1) is 35.6. The maximum absolute atomic E-state index is 13.8. The van der Waals surface area contributed by atoms with Crippen molar-refractivity contribution < 1.29 is 19.1 Å². The molecule has 2 aliphatic heterocycles. The van der Waals surface area contributed by atoms with Crippen LogP contribution in [0, 0.1) is 10.8 Å². The van der Waals surface area contributed by atoms with Gasteiger partial charge in [0.15, 0.2) is 0 Å². The molecule has 0 aromatic heterocycles. The van der Waals surface area contributed by atoms with E-state index in [2.05, 4.69) is 27.1 Å². The van der Waals surface area contributed by atoms with E-state index >= 15 is 0 Å². The van der Waals surface area contributed by atoms with Gasteiger partial charge in [-0.1, -0.05) is 47.0 Å². The maximum Gasteiger partial charge on any atom is 0.314 e. The Morgan fingerprint density at radius 1 is 0.800 bits per heavy atom. The van der Waals surface area contributed by atoms with Crippen LogP contribution in [0.15, 0.2) is 29.6 Å². The SMILES string of the molecule is COC(=O)C(C)(CC(C)(C)NNC(C)(C)C(C)(CC(C)(C)N)C(=O)OCC1=CSC(=C2SC=CS2)S1)C(C)(C)N. The van der Waals surface area contributed by atoms with Gasteiger partial charge in [0.25, 0.3) is 0 Å². The first-order chi connectivity index (χ1) is 18.1. The van der Waals surface area contributed by atoms with E-state index in [1.165, 1.54) is 15.6 Å². The molecule has 0 aromatic rings. The Hall–Kier alpha value is -0.600. The fraction of sp³-hybridized carbons (Fsp3) is 0.714. The van der Waals surface area contributed by atoms with Gasteiger partial charge in [-0.15, -0.1) is 0 Å². The molecule has 2 unspecified atom stereocenters. The fourth-order valence-corrected chi connectivity index (χ4v) is 9.07. The van der Waals surface area contributed by atoms with Crippen LogP contribution in [0.3, 0.4) is 0 Å². The average Bonchev–Trinajstić information content (AvgIpc) is 3.50. The van der Waals surface area contributed by atoms with E-state index in [4.69, 9.17) is 20.9 Å². The van der Waals surface area contributed by atoms with Gasteiger partial charge in [-0.3, -0.25) is 20.4 Å². The Morgan fingerprint density at radius 2 is 1.38 bits per heavy atom. The molecule has 228 valence electrons. The van der Waals surface area contributed by atoms with Gasteiger partial charge in [0.1, 0.15) is 6.61 Å². The summed E-state index contributed by atoms with van der Waals surface area (Å²) >= 11 is 6.74. The number of esters is 2. The van der Waals surface area contributed by atoms with Crippen molar-refractivity contribution in [2.75, 3.05) is 13.7 Å². The largest absolute Gasteiger partial charge is 0.469 e. The molecule has 2 atom stereocenters. The molecular formula is C28H48N4O4S4. The molecule has 0 saturated heterocycles. The van der Waals surface area contributed by atoms with Crippen LogP contribution in [0.1, 0.15) is 82.1 Å². The second-order valence-electron chi connectivity index (χ2n) is 13.4. The number of rotatable bonds is 13. The normalized spacial score (nSPS) is 19.8. The Labute approximate surface area is 257 Å². The minimum atomic E-state index is -0.994. The van der Waals surface area contributed by atoms with Crippen molar-refractivity contribution in [1.82, 2.24) is 10.9 Å². The molecule has 0 amide bonds. The third-order valence-electron chi connectivity index (χ3n) is 7.65. The van der Waals surface area contributed by atoms with Crippen molar-refractivity contribution in [3.05, 3.63) is 29.6 Å². The molecule has 0 spiro atoms. The van der Waals surface area contributed by atoms with Gasteiger partial charge in [-0.2, -0.15) is 0 Å². The highest BCUT2D eigenvalue weighted by Crippen LogP contribution is 2.53. The lowest BCUT2D eigenvalue weighted by Crippen LogP contribution is -2.67. The number of carbonyl (C=O) groups is 2. The van der Waals surface area contributed by atoms with Gasteiger partial charge < -0.3 is 20.9 Å². The van der Waals surface area contributed by atoms with E-state index in [0.29, 0.717) is 12.8 Å². The van der Waals surface area contributed by atoms with Crippen LogP contribution in [0.4, 0.5) is 0 Å². The number of hydrogen-bond donors (Lipinski definition) is 4. The van der Waals surface area contributed by atoms with Crippen LogP contribution < -0.4 is 22.3 Å². The second-order valence-corrected chi connectivity index (χ2v) is 17.8. The molecule has 0 bridgehead atoms. The number of ether oxygens (including phenoxy) is 2. The number of methoxy groups -OCH3 is 1. The van der Waals surface area contributed by atoms with Crippen molar-refractivity contribution in [1.29, 1.82) is 0 Å². The quantitative estimate of drug-likeness (QED) is 0.140. The van der Waals surface area contributed by atoms with E-state index < -0.39 is 33.0 Å². The summed E-state index contributed by atoms with van der Waals surface area (Å²) < 4.78 is 13.5. The lowest BCUT2D eigenvalue weighted by atomic mass is 9.66. The molecule has 0 saturated carbocycles. The van der Waals surface area contributed by atoms with E-state index in [9.17, 15) is 9.59 Å². The number of hydrogen-bond acceptors (Lipinski definition) is 12. The number of thioether (sulfide) groups is 4. The summed E-state index contributed by atoms with van der Waals surface area (Å²) in [6.45, 7) is 19.3. The van der Waals surface area contributed by atoms with Gasteiger partial charge in [0.05, 0.1) is 26.4 Å². The summed E-state index contributed by atoms with van der Waals surface area (Å²) in [5.74, 6) is -0.700. The van der Waals surface area contributed by atoms with Crippen LogP contribution in [-0.2, 0) is 19.1 Å². The minimum absolute atomic E-state index is 0.203. The van der Waals surface area contributed by atoms with Crippen LogP contribution in [0.2, 0.25) is 0 Å². The molecule has 6 N–H and O–H groups in total. The van der Waals surface area contributed by atoms with E-state index in [0.717, 1.165) is 4.91 Å². The third-order valence-corrected chi connectivity index (χ3v) is 12.7. The van der Waals surface area contributed by atoms with E-state index in [1.807, 2.05) is 69.2 Å². The smallest absolute Gasteiger partial charge is 0.314 e. The van der Waals surface area contributed by atoms with Gasteiger partial charge in [-0.05, 0) is 98.3 Å². The zero-order valence-corrected chi connectivity index (χ0v) is 29.0. The molecule has 0 aliphatic carbocycles. The van der Waals surface area contributed by atoms with Crippen molar-refractivity contribution in [3.63, 3.8) is 0 Å².